The maximum atomic E-state index is 6.04. The Labute approximate surface area is 126 Å². The van der Waals surface area contributed by atoms with E-state index < -0.39 is 0 Å². The SMILES string of the molecule is CCNCc1cccc(C)c1OCc1ccc(OC)cc1. The largest absolute Gasteiger partial charge is 0.497 e. The molecule has 0 spiro atoms. The van der Waals surface area contributed by atoms with E-state index in [4.69, 9.17) is 9.47 Å². The summed E-state index contributed by atoms with van der Waals surface area (Å²) in [6.07, 6.45) is 0. The van der Waals surface area contributed by atoms with Gasteiger partial charge in [0.05, 0.1) is 7.11 Å². The topological polar surface area (TPSA) is 30.5 Å². The van der Waals surface area contributed by atoms with Crippen LogP contribution in [0.1, 0.15) is 23.6 Å². The monoisotopic (exact) mass is 285 g/mol. The van der Waals surface area contributed by atoms with Gasteiger partial charge in [-0.2, -0.15) is 0 Å². The van der Waals surface area contributed by atoms with Gasteiger partial charge in [-0.3, -0.25) is 0 Å². The van der Waals surface area contributed by atoms with Crippen LogP contribution in [-0.2, 0) is 13.2 Å². The Kier molecular flexibility index (Phi) is 5.64. The van der Waals surface area contributed by atoms with Gasteiger partial charge in [-0.25, -0.2) is 0 Å². The van der Waals surface area contributed by atoms with Crippen LogP contribution in [-0.4, -0.2) is 13.7 Å². The van der Waals surface area contributed by atoms with E-state index in [0.717, 1.165) is 30.2 Å². The number of hydrogen-bond donors (Lipinski definition) is 1. The number of benzene rings is 2. The van der Waals surface area contributed by atoms with Crippen molar-refractivity contribution in [2.45, 2.75) is 27.0 Å². The highest BCUT2D eigenvalue weighted by atomic mass is 16.5. The number of ether oxygens (including phenoxy) is 2. The molecule has 0 atom stereocenters. The van der Waals surface area contributed by atoms with Crippen LogP contribution >= 0.6 is 0 Å². The Hall–Kier alpha value is -2.00. The highest BCUT2D eigenvalue weighted by Gasteiger charge is 2.07. The summed E-state index contributed by atoms with van der Waals surface area (Å²) in [6.45, 7) is 6.53. The Morgan fingerprint density at radius 2 is 1.81 bits per heavy atom. The Bertz CT molecular complexity index is 564. The van der Waals surface area contributed by atoms with E-state index in [1.165, 1.54) is 11.1 Å². The second-order valence-electron chi connectivity index (χ2n) is 4.98. The molecule has 0 fully saturated rings. The zero-order chi connectivity index (χ0) is 15.1. The van der Waals surface area contributed by atoms with Gasteiger partial charge >= 0.3 is 0 Å². The number of methoxy groups -OCH3 is 1. The first-order valence-corrected chi connectivity index (χ1v) is 7.29. The van der Waals surface area contributed by atoms with Crippen molar-refractivity contribution in [2.24, 2.45) is 0 Å². The van der Waals surface area contributed by atoms with Crippen molar-refractivity contribution in [3.05, 3.63) is 59.2 Å². The molecule has 3 nitrogen and oxygen atoms in total. The van der Waals surface area contributed by atoms with Gasteiger partial charge in [0, 0.05) is 12.1 Å². The van der Waals surface area contributed by atoms with E-state index >= 15 is 0 Å². The lowest BCUT2D eigenvalue weighted by Crippen LogP contribution is -2.13. The molecule has 0 aliphatic carbocycles. The molecule has 21 heavy (non-hydrogen) atoms. The molecule has 1 N–H and O–H groups in total. The van der Waals surface area contributed by atoms with Crippen LogP contribution in [0.4, 0.5) is 0 Å². The number of rotatable bonds is 7. The van der Waals surface area contributed by atoms with Crippen LogP contribution in [0.3, 0.4) is 0 Å². The van der Waals surface area contributed by atoms with Crippen LogP contribution in [0, 0.1) is 6.92 Å². The summed E-state index contributed by atoms with van der Waals surface area (Å²) < 4.78 is 11.2. The van der Waals surface area contributed by atoms with Gasteiger partial charge in [0.25, 0.3) is 0 Å². The van der Waals surface area contributed by atoms with E-state index in [0.29, 0.717) is 6.61 Å². The van der Waals surface area contributed by atoms with Crippen LogP contribution in [0.25, 0.3) is 0 Å². The zero-order valence-electron chi connectivity index (χ0n) is 13.0. The molecule has 2 aromatic rings. The zero-order valence-corrected chi connectivity index (χ0v) is 13.0. The van der Waals surface area contributed by atoms with Crippen molar-refractivity contribution in [1.82, 2.24) is 5.32 Å². The molecule has 0 aliphatic rings. The maximum absolute atomic E-state index is 6.04. The van der Waals surface area contributed by atoms with Gasteiger partial charge in [0.1, 0.15) is 18.1 Å². The molecule has 112 valence electrons. The fraction of sp³-hybridized carbons (Fsp3) is 0.333. The fourth-order valence-corrected chi connectivity index (χ4v) is 2.20. The Balaban J connectivity index is 2.07. The maximum Gasteiger partial charge on any atom is 0.127 e. The highest BCUT2D eigenvalue weighted by Crippen LogP contribution is 2.24. The summed E-state index contributed by atoms with van der Waals surface area (Å²) in [5.74, 6) is 1.84. The number of aryl methyl sites for hydroxylation is 1. The third kappa shape index (κ3) is 4.23. The molecule has 0 amide bonds. The highest BCUT2D eigenvalue weighted by molar-refractivity contribution is 5.41. The molecule has 0 saturated heterocycles. The molecule has 0 heterocycles. The van der Waals surface area contributed by atoms with Gasteiger partial charge in [-0.05, 0) is 36.7 Å². The predicted octanol–water partition coefficient (Wildman–Crippen LogP) is 3.69. The molecule has 0 saturated carbocycles. The average Bonchev–Trinajstić information content (AvgIpc) is 2.52. The van der Waals surface area contributed by atoms with E-state index in [-0.39, 0.29) is 0 Å². The van der Waals surface area contributed by atoms with Crippen molar-refractivity contribution >= 4 is 0 Å². The standard InChI is InChI=1S/C18H23NO2/c1-4-19-12-16-7-5-6-14(2)18(16)21-13-15-8-10-17(20-3)11-9-15/h5-11,19H,4,12-13H2,1-3H3. The fourth-order valence-electron chi connectivity index (χ4n) is 2.20. The number of para-hydroxylation sites is 1. The predicted molar refractivity (Wildman–Crippen MR) is 85.9 cm³/mol. The molecule has 3 heteroatoms. The van der Waals surface area contributed by atoms with Gasteiger partial charge in [-0.1, -0.05) is 37.3 Å². The summed E-state index contributed by atoms with van der Waals surface area (Å²) in [6, 6.07) is 14.2. The Morgan fingerprint density at radius 3 is 2.48 bits per heavy atom. The lowest BCUT2D eigenvalue weighted by molar-refractivity contribution is 0.300. The number of hydrogen-bond acceptors (Lipinski definition) is 3. The normalized spacial score (nSPS) is 10.4. The second kappa shape index (κ2) is 7.70. The first kappa shape index (κ1) is 15.4. The summed E-state index contributed by atoms with van der Waals surface area (Å²) in [7, 11) is 1.67. The van der Waals surface area contributed by atoms with Crippen LogP contribution < -0.4 is 14.8 Å². The van der Waals surface area contributed by atoms with Gasteiger partial charge in [0.15, 0.2) is 0 Å². The van der Waals surface area contributed by atoms with E-state index in [9.17, 15) is 0 Å². The molecular formula is C18H23NO2. The lowest BCUT2D eigenvalue weighted by atomic mass is 10.1. The molecule has 2 aromatic carbocycles. The number of nitrogens with one attached hydrogen (secondary N) is 1. The molecule has 0 aliphatic heterocycles. The van der Waals surface area contributed by atoms with E-state index in [2.05, 4.69) is 37.4 Å². The van der Waals surface area contributed by atoms with E-state index in [1.807, 2.05) is 24.3 Å². The summed E-state index contributed by atoms with van der Waals surface area (Å²) in [5, 5.41) is 3.35. The molecule has 0 radical (unpaired) electrons. The van der Waals surface area contributed by atoms with Crippen LogP contribution in [0.5, 0.6) is 11.5 Å². The van der Waals surface area contributed by atoms with Crippen LogP contribution in [0.15, 0.2) is 42.5 Å². The van der Waals surface area contributed by atoms with Gasteiger partial charge in [-0.15, -0.1) is 0 Å². The quantitative estimate of drug-likeness (QED) is 0.841. The van der Waals surface area contributed by atoms with Crippen molar-refractivity contribution in [3.63, 3.8) is 0 Å². The minimum Gasteiger partial charge on any atom is -0.497 e. The summed E-state index contributed by atoms with van der Waals surface area (Å²) >= 11 is 0. The van der Waals surface area contributed by atoms with Gasteiger partial charge in [0.2, 0.25) is 0 Å². The molecule has 0 unspecified atom stereocenters. The second-order valence-corrected chi connectivity index (χ2v) is 4.98. The van der Waals surface area contributed by atoms with Crippen LogP contribution in [0.2, 0.25) is 0 Å². The average molecular weight is 285 g/mol. The lowest BCUT2D eigenvalue weighted by Gasteiger charge is -2.14. The minimum atomic E-state index is 0.563. The Morgan fingerprint density at radius 1 is 1.05 bits per heavy atom. The van der Waals surface area contributed by atoms with Gasteiger partial charge < -0.3 is 14.8 Å². The van der Waals surface area contributed by atoms with Crippen molar-refractivity contribution in [3.8, 4) is 11.5 Å². The van der Waals surface area contributed by atoms with Crippen molar-refractivity contribution < 1.29 is 9.47 Å². The molecular weight excluding hydrogens is 262 g/mol. The van der Waals surface area contributed by atoms with Crippen molar-refractivity contribution in [1.29, 1.82) is 0 Å². The molecule has 0 bridgehead atoms. The smallest absolute Gasteiger partial charge is 0.127 e. The summed E-state index contributed by atoms with van der Waals surface area (Å²) in [4.78, 5) is 0. The van der Waals surface area contributed by atoms with Crippen molar-refractivity contribution in [2.75, 3.05) is 13.7 Å². The third-order valence-electron chi connectivity index (χ3n) is 3.40. The molecule has 2 rings (SSSR count). The molecule has 0 aromatic heterocycles. The minimum absolute atomic E-state index is 0.563. The third-order valence-corrected chi connectivity index (χ3v) is 3.40. The first-order valence-electron chi connectivity index (χ1n) is 7.29. The first-order chi connectivity index (χ1) is 10.2. The van der Waals surface area contributed by atoms with E-state index in [1.54, 1.807) is 7.11 Å². The summed E-state index contributed by atoms with van der Waals surface area (Å²) in [5.41, 5.74) is 3.50.